The van der Waals surface area contributed by atoms with Gasteiger partial charge < -0.3 is 50.1 Å². The number of aliphatic hydroxyl groups is 7. The summed E-state index contributed by atoms with van der Waals surface area (Å²) in [4.78, 5) is 35.8. The van der Waals surface area contributed by atoms with Gasteiger partial charge in [-0.2, -0.15) is 0 Å². The highest BCUT2D eigenvalue weighted by molar-refractivity contribution is 7.47. The summed E-state index contributed by atoms with van der Waals surface area (Å²) in [6, 6.07) is 0. The lowest BCUT2D eigenvalue weighted by atomic mass is 9.85. The van der Waals surface area contributed by atoms with E-state index in [1.165, 1.54) is 6.42 Å². The first-order chi connectivity index (χ1) is 31.2. The van der Waals surface area contributed by atoms with E-state index in [0.717, 1.165) is 96.3 Å². The van der Waals surface area contributed by atoms with Gasteiger partial charge >= 0.3 is 19.8 Å². The van der Waals surface area contributed by atoms with Gasteiger partial charge in [0.15, 0.2) is 6.10 Å². The van der Waals surface area contributed by atoms with Gasteiger partial charge in [0.2, 0.25) is 0 Å². The Kier molecular flexibility index (Phi) is 35.8. The van der Waals surface area contributed by atoms with E-state index < -0.39 is 87.9 Å². The molecule has 10 atom stereocenters. The number of ether oxygens (including phenoxy) is 2. The predicted molar refractivity (Wildman–Crippen MR) is 251 cm³/mol. The second kappa shape index (κ2) is 38.4. The molecule has 0 radical (unpaired) electrons. The van der Waals surface area contributed by atoms with Gasteiger partial charge in [-0.15, -0.1) is 0 Å². The third-order valence-electron chi connectivity index (χ3n) is 11.0. The van der Waals surface area contributed by atoms with Crippen LogP contribution in [0.15, 0.2) is 60.8 Å². The van der Waals surface area contributed by atoms with Crippen molar-refractivity contribution in [3.05, 3.63) is 60.8 Å². The Labute approximate surface area is 388 Å². The number of aliphatic hydroxyl groups excluding tert-OH is 7. The normalized spacial score (nSPS) is 22.9. The Morgan fingerprint density at radius 1 is 0.554 bits per heavy atom. The highest BCUT2D eigenvalue weighted by Crippen LogP contribution is 2.47. The van der Waals surface area contributed by atoms with E-state index in [0.29, 0.717) is 38.5 Å². The van der Waals surface area contributed by atoms with Crippen molar-refractivity contribution >= 4 is 19.8 Å². The van der Waals surface area contributed by atoms with Gasteiger partial charge in [0.05, 0.1) is 18.8 Å². The summed E-state index contributed by atoms with van der Waals surface area (Å²) in [5.41, 5.74) is 0. The number of carbonyl (C=O) groups is 2. The van der Waals surface area contributed by atoms with Crippen LogP contribution in [0, 0.1) is 0 Å². The summed E-state index contributed by atoms with van der Waals surface area (Å²) in [6.45, 7) is 2.98. The van der Waals surface area contributed by atoms with Crippen molar-refractivity contribution in [3.8, 4) is 0 Å². The zero-order valence-electron chi connectivity index (χ0n) is 39.2. The number of unbranched alkanes of at least 4 members (excludes halogenated alkanes) is 13. The number of phosphoric ester groups is 1. The number of esters is 2. The molecule has 15 nitrogen and oxygen atoms in total. The van der Waals surface area contributed by atoms with E-state index >= 15 is 0 Å². The molecule has 65 heavy (non-hydrogen) atoms. The summed E-state index contributed by atoms with van der Waals surface area (Å²) in [6.07, 6.45) is 25.6. The lowest BCUT2D eigenvalue weighted by molar-refractivity contribution is -0.220. The van der Waals surface area contributed by atoms with Crippen molar-refractivity contribution in [1.82, 2.24) is 0 Å². The Morgan fingerprint density at radius 3 is 1.62 bits per heavy atom. The summed E-state index contributed by atoms with van der Waals surface area (Å²) < 4.78 is 33.5. The molecule has 1 saturated carbocycles. The highest BCUT2D eigenvalue weighted by atomic mass is 31.2. The van der Waals surface area contributed by atoms with Crippen molar-refractivity contribution in [2.24, 2.45) is 0 Å². The molecule has 1 fully saturated rings. The minimum Gasteiger partial charge on any atom is -0.462 e. The number of rotatable bonds is 39. The Morgan fingerprint density at radius 2 is 1.03 bits per heavy atom. The molecule has 0 aromatic heterocycles. The largest absolute Gasteiger partial charge is 0.472 e. The second-order valence-electron chi connectivity index (χ2n) is 16.9. The Hall–Kier alpha value is -2.53. The van der Waals surface area contributed by atoms with Crippen LogP contribution >= 0.6 is 7.82 Å². The maximum atomic E-state index is 12.8. The lowest BCUT2D eigenvalue weighted by Crippen LogP contribution is -2.64. The van der Waals surface area contributed by atoms with Crippen LogP contribution in [0.5, 0.6) is 0 Å². The molecule has 0 spiro atoms. The quantitative estimate of drug-likeness (QED) is 0.0127. The first-order valence-electron chi connectivity index (χ1n) is 24.3. The van der Waals surface area contributed by atoms with Crippen molar-refractivity contribution < 1.29 is 73.3 Å². The van der Waals surface area contributed by atoms with Gasteiger partial charge in [0, 0.05) is 12.8 Å². The van der Waals surface area contributed by atoms with Crippen molar-refractivity contribution in [1.29, 1.82) is 0 Å². The van der Waals surface area contributed by atoms with Gasteiger partial charge in [-0.05, 0) is 77.0 Å². The molecule has 0 amide bonds. The smallest absolute Gasteiger partial charge is 0.462 e. The minimum atomic E-state index is -5.17. The number of phosphoric acid groups is 1. The molecule has 0 aliphatic heterocycles. The number of hydrogen-bond donors (Lipinski definition) is 8. The molecule has 1 rings (SSSR count). The van der Waals surface area contributed by atoms with E-state index in [1.54, 1.807) is 0 Å². The fourth-order valence-corrected chi connectivity index (χ4v) is 7.98. The third-order valence-corrected chi connectivity index (χ3v) is 12.0. The van der Waals surface area contributed by atoms with Crippen molar-refractivity contribution in [3.63, 3.8) is 0 Å². The summed E-state index contributed by atoms with van der Waals surface area (Å²) in [5.74, 6) is -1.23. The third kappa shape index (κ3) is 30.5. The first-order valence-corrected chi connectivity index (χ1v) is 25.8. The summed E-state index contributed by atoms with van der Waals surface area (Å²) in [5, 5.41) is 70.7. The Balaban J connectivity index is 2.50. The van der Waals surface area contributed by atoms with Gasteiger partial charge in [-0.3, -0.25) is 18.6 Å². The molecule has 376 valence electrons. The molecule has 3 unspecified atom stereocenters. The molecular weight excluding hydrogens is 859 g/mol. The van der Waals surface area contributed by atoms with Gasteiger partial charge in [-0.25, -0.2) is 4.57 Å². The summed E-state index contributed by atoms with van der Waals surface area (Å²) >= 11 is 0. The first kappa shape index (κ1) is 60.5. The van der Waals surface area contributed by atoms with Gasteiger partial charge in [0.25, 0.3) is 0 Å². The molecule has 0 heterocycles. The minimum absolute atomic E-state index is 0.00827. The van der Waals surface area contributed by atoms with Crippen LogP contribution < -0.4 is 0 Å². The maximum Gasteiger partial charge on any atom is 0.472 e. The lowest BCUT2D eigenvalue weighted by Gasteiger charge is -2.41. The maximum absolute atomic E-state index is 12.8. The van der Waals surface area contributed by atoms with Crippen LogP contribution in [0.25, 0.3) is 0 Å². The molecular formula is C49H85O15P. The molecule has 16 heteroatoms. The van der Waals surface area contributed by atoms with E-state index in [-0.39, 0.29) is 12.8 Å². The zero-order chi connectivity index (χ0) is 48.1. The monoisotopic (exact) mass is 945 g/mol. The van der Waals surface area contributed by atoms with Gasteiger partial charge in [-0.1, -0.05) is 139 Å². The van der Waals surface area contributed by atoms with Crippen LogP contribution in [-0.2, 0) is 32.7 Å². The zero-order valence-corrected chi connectivity index (χ0v) is 40.1. The van der Waals surface area contributed by atoms with E-state index in [2.05, 4.69) is 62.5 Å². The van der Waals surface area contributed by atoms with E-state index in [4.69, 9.17) is 18.5 Å². The Bertz CT molecular complexity index is 1400. The average molecular weight is 945 g/mol. The molecule has 1 aliphatic rings. The topological polar surface area (TPSA) is 250 Å². The number of carbonyl (C=O) groups excluding carboxylic acids is 2. The summed E-state index contributed by atoms with van der Waals surface area (Å²) in [7, 11) is -5.17. The fraction of sp³-hybridized carbons (Fsp3) is 0.755. The molecule has 0 saturated heterocycles. The predicted octanol–water partition coefficient (Wildman–Crippen LogP) is 7.67. The van der Waals surface area contributed by atoms with Crippen LogP contribution in [0.4, 0.5) is 0 Å². The fourth-order valence-electron chi connectivity index (χ4n) is 7.01. The molecule has 0 aromatic rings. The highest BCUT2D eigenvalue weighted by Gasteiger charge is 2.51. The number of hydrogen-bond acceptors (Lipinski definition) is 14. The molecule has 0 bridgehead atoms. The van der Waals surface area contributed by atoms with Crippen LogP contribution in [0.2, 0.25) is 0 Å². The van der Waals surface area contributed by atoms with Crippen molar-refractivity contribution in [2.45, 2.75) is 223 Å². The molecule has 0 aromatic carbocycles. The van der Waals surface area contributed by atoms with Crippen LogP contribution in [0.3, 0.4) is 0 Å². The molecule has 8 N–H and O–H groups in total. The number of allylic oxidation sites excluding steroid dienone is 9. The van der Waals surface area contributed by atoms with Crippen molar-refractivity contribution in [2.75, 3.05) is 13.2 Å². The average Bonchev–Trinajstić information content (AvgIpc) is 3.28. The molecule has 1 aliphatic carbocycles. The van der Waals surface area contributed by atoms with E-state index in [1.807, 2.05) is 12.2 Å². The van der Waals surface area contributed by atoms with Crippen LogP contribution in [0.1, 0.15) is 168 Å². The van der Waals surface area contributed by atoms with Gasteiger partial charge in [0.1, 0.15) is 43.2 Å². The second-order valence-corrected chi connectivity index (χ2v) is 18.3. The SMILES string of the molecule is CC/C=C\C/C=C\C/C=C\C/C=C\CCCCCCCCC(=O)OC[C@H](COP(=O)(O)OC1[C@H](O)[C@H](O)C(O)[C@H](O)[C@H]1O)OC(=O)CCCCCCC[C@H](O)[C@@H](O)C/C=C\CCCCC. The standard InChI is InChI=1S/C49H85O15P/c1-3-5-7-9-11-12-13-14-15-16-17-18-19-20-21-22-23-27-31-35-42(52)61-37-39(38-62-65(59,60)64-49-47(57)45(55)44(54)46(56)48(49)58)63-43(53)36-32-28-24-26-30-34-41(51)40(50)33-29-25-10-8-6-4-2/h5,7,11-12,14-15,17-18,25,29,39-41,44-51,54-58H,3-4,6,8-10,13,16,19-24,26-28,30-38H2,1-2H3,(H,59,60)/b7-5-,12-11-,15-14-,18-17-,29-25-/t39-,40+,41+,44?,45-,46+,47-,48-,49?/m1/s1. The van der Waals surface area contributed by atoms with Crippen LogP contribution in [-0.4, -0.2) is 121 Å². The van der Waals surface area contributed by atoms with E-state index in [9.17, 15) is 54.8 Å².